The van der Waals surface area contributed by atoms with E-state index in [0.29, 0.717) is 15.0 Å². The van der Waals surface area contributed by atoms with Crippen molar-refractivity contribution in [2.45, 2.75) is 23.8 Å². The molecule has 0 heterocycles. The third-order valence-corrected chi connectivity index (χ3v) is 3.96. The SMILES string of the molecule is Fc1cc(OC2CC(Br)C2)c(Br)cc1Cl. The fraction of sp³-hybridized carbons (Fsp3) is 0.400. The molecule has 2 rings (SSSR count). The molecule has 1 aliphatic carbocycles. The van der Waals surface area contributed by atoms with Crippen molar-refractivity contribution in [2.24, 2.45) is 0 Å². The van der Waals surface area contributed by atoms with E-state index in [1.807, 2.05) is 0 Å². The van der Waals surface area contributed by atoms with Gasteiger partial charge in [-0.2, -0.15) is 0 Å². The van der Waals surface area contributed by atoms with Gasteiger partial charge in [0.25, 0.3) is 0 Å². The molecule has 5 heteroatoms. The predicted octanol–water partition coefficient (Wildman–Crippen LogP) is 4.55. The van der Waals surface area contributed by atoms with Crippen molar-refractivity contribution < 1.29 is 9.13 Å². The molecule has 0 N–H and O–H groups in total. The van der Waals surface area contributed by atoms with Crippen molar-refractivity contribution in [3.63, 3.8) is 0 Å². The van der Waals surface area contributed by atoms with Crippen LogP contribution >= 0.6 is 43.5 Å². The molecule has 0 unspecified atom stereocenters. The fourth-order valence-electron chi connectivity index (χ4n) is 1.37. The van der Waals surface area contributed by atoms with Gasteiger partial charge in [0.2, 0.25) is 0 Å². The highest BCUT2D eigenvalue weighted by atomic mass is 79.9. The van der Waals surface area contributed by atoms with E-state index < -0.39 is 5.82 Å². The van der Waals surface area contributed by atoms with Crippen molar-refractivity contribution in [1.82, 2.24) is 0 Å². The molecular weight excluding hydrogens is 350 g/mol. The second kappa shape index (κ2) is 4.60. The summed E-state index contributed by atoms with van der Waals surface area (Å²) in [5.74, 6) is 0.0610. The normalized spacial score (nSPS) is 24.8. The van der Waals surface area contributed by atoms with Crippen molar-refractivity contribution >= 4 is 43.5 Å². The lowest BCUT2D eigenvalue weighted by Gasteiger charge is -2.31. The number of hydrogen-bond acceptors (Lipinski definition) is 1. The number of benzene rings is 1. The van der Waals surface area contributed by atoms with Crippen LogP contribution in [0.2, 0.25) is 5.02 Å². The Hall–Kier alpha value is 0.200. The number of rotatable bonds is 2. The van der Waals surface area contributed by atoms with Crippen molar-refractivity contribution in [3.8, 4) is 5.75 Å². The Balaban J connectivity index is 2.11. The summed E-state index contributed by atoms with van der Waals surface area (Å²) < 4.78 is 19.5. The summed E-state index contributed by atoms with van der Waals surface area (Å²) in [6.07, 6.45) is 2.08. The first-order valence-corrected chi connectivity index (χ1v) is 6.60. The van der Waals surface area contributed by atoms with Crippen LogP contribution in [0.1, 0.15) is 12.8 Å². The highest BCUT2D eigenvalue weighted by Crippen LogP contribution is 2.36. The number of hydrogen-bond donors (Lipinski definition) is 0. The molecule has 0 amide bonds. The quantitative estimate of drug-likeness (QED) is 0.557. The second-order valence-electron chi connectivity index (χ2n) is 3.51. The lowest BCUT2D eigenvalue weighted by Crippen LogP contribution is -2.34. The number of halogens is 4. The van der Waals surface area contributed by atoms with Gasteiger partial charge in [-0.1, -0.05) is 27.5 Å². The Kier molecular flexibility index (Phi) is 3.58. The molecule has 1 nitrogen and oxygen atoms in total. The molecule has 82 valence electrons. The van der Waals surface area contributed by atoms with Gasteiger partial charge >= 0.3 is 0 Å². The largest absolute Gasteiger partial charge is 0.489 e. The van der Waals surface area contributed by atoms with E-state index in [-0.39, 0.29) is 11.1 Å². The summed E-state index contributed by atoms with van der Waals surface area (Å²) >= 11 is 12.4. The van der Waals surface area contributed by atoms with Gasteiger partial charge in [0.15, 0.2) is 0 Å². The average Bonchev–Trinajstić information content (AvgIpc) is 2.11. The first-order chi connectivity index (χ1) is 7.06. The van der Waals surface area contributed by atoms with Gasteiger partial charge in [-0.15, -0.1) is 0 Å². The van der Waals surface area contributed by atoms with Crippen LogP contribution in [0.5, 0.6) is 5.75 Å². The topological polar surface area (TPSA) is 9.23 Å². The molecule has 0 atom stereocenters. The smallest absolute Gasteiger partial charge is 0.145 e. The van der Waals surface area contributed by atoms with E-state index >= 15 is 0 Å². The first-order valence-electron chi connectivity index (χ1n) is 4.51. The van der Waals surface area contributed by atoms with Gasteiger partial charge in [0.05, 0.1) is 9.50 Å². The molecular formula is C10H8Br2ClFO. The Morgan fingerprint density at radius 1 is 1.40 bits per heavy atom. The van der Waals surface area contributed by atoms with Gasteiger partial charge < -0.3 is 4.74 Å². The van der Waals surface area contributed by atoms with Gasteiger partial charge in [0.1, 0.15) is 17.7 Å². The van der Waals surface area contributed by atoms with E-state index in [1.165, 1.54) is 12.1 Å². The van der Waals surface area contributed by atoms with Crippen LogP contribution in [0, 0.1) is 5.82 Å². The van der Waals surface area contributed by atoms with E-state index in [4.69, 9.17) is 16.3 Å². The molecule has 0 radical (unpaired) electrons. The van der Waals surface area contributed by atoms with Crippen LogP contribution < -0.4 is 4.74 Å². The van der Waals surface area contributed by atoms with Crippen LogP contribution in [-0.2, 0) is 0 Å². The van der Waals surface area contributed by atoms with E-state index in [2.05, 4.69) is 31.9 Å². The van der Waals surface area contributed by atoms with Crippen LogP contribution in [0.4, 0.5) is 4.39 Å². The van der Waals surface area contributed by atoms with E-state index in [0.717, 1.165) is 12.8 Å². The molecule has 1 aromatic carbocycles. The molecule has 1 aliphatic rings. The molecule has 15 heavy (non-hydrogen) atoms. The third-order valence-electron chi connectivity index (χ3n) is 2.31. The van der Waals surface area contributed by atoms with Crippen LogP contribution in [0.3, 0.4) is 0 Å². The molecule has 0 saturated heterocycles. The molecule has 0 aliphatic heterocycles. The minimum Gasteiger partial charge on any atom is -0.489 e. The molecule has 0 bridgehead atoms. The summed E-state index contributed by atoms with van der Waals surface area (Å²) in [5, 5.41) is 0.0983. The Labute approximate surface area is 109 Å². The van der Waals surface area contributed by atoms with Gasteiger partial charge in [-0.25, -0.2) is 4.39 Å². The molecule has 0 aromatic heterocycles. The van der Waals surface area contributed by atoms with Crippen molar-refractivity contribution in [2.75, 3.05) is 0 Å². The van der Waals surface area contributed by atoms with E-state index in [1.54, 1.807) is 0 Å². The molecule has 1 aromatic rings. The van der Waals surface area contributed by atoms with Crippen LogP contribution in [0.15, 0.2) is 16.6 Å². The zero-order valence-corrected chi connectivity index (χ0v) is 11.6. The summed E-state index contributed by atoms with van der Waals surface area (Å²) in [7, 11) is 0. The fourth-order valence-corrected chi connectivity index (χ4v) is 2.94. The molecule has 1 fully saturated rings. The minimum atomic E-state index is -0.454. The average molecular weight is 358 g/mol. The minimum absolute atomic E-state index is 0.0983. The highest BCUT2D eigenvalue weighted by molar-refractivity contribution is 9.10. The summed E-state index contributed by atoms with van der Waals surface area (Å²) in [5.41, 5.74) is 0. The summed E-state index contributed by atoms with van der Waals surface area (Å²) in [6.45, 7) is 0. The predicted molar refractivity (Wildman–Crippen MR) is 65.5 cm³/mol. The zero-order valence-electron chi connectivity index (χ0n) is 7.64. The maximum atomic E-state index is 13.2. The van der Waals surface area contributed by atoms with Crippen LogP contribution in [-0.4, -0.2) is 10.9 Å². The summed E-state index contributed by atoms with van der Waals surface area (Å²) in [6, 6.07) is 2.82. The van der Waals surface area contributed by atoms with Gasteiger partial charge in [-0.3, -0.25) is 0 Å². The lowest BCUT2D eigenvalue weighted by atomic mass is 9.96. The van der Waals surface area contributed by atoms with E-state index in [9.17, 15) is 4.39 Å². The van der Waals surface area contributed by atoms with Crippen LogP contribution in [0.25, 0.3) is 0 Å². The highest BCUT2D eigenvalue weighted by Gasteiger charge is 2.29. The second-order valence-corrected chi connectivity index (χ2v) is 6.06. The Bertz CT molecular complexity index is 380. The number of ether oxygens (including phenoxy) is 1. The first kappa shape index (κ1) is 11.7. The third kappa shape index (κ3) is 2.66. The zero-order chi connectivity index (χ0) is 11.0. The molecule has 1 saturated carbocycles. The van der Waals surface area contributed by atoms with Crippen molar-refractivity contribution in [3.05, 3.63) is 27.4 Å². The lowest BCUT2D eigenvalue weighted by molar-refractivity contribution is 0.127. The Morgan fingerprint density at radius 2 is 2.07 bits per heavy atom. The molecule has 0 spiro atoms. The maximum absolute atomic E-state index is 13.2. The monoisotopic (exact) mass is 356 g/mol. The van der Waals surface area contributed by atoms with Gasteiger partial charge in [0, 0.05) is 10.9 Å². The maximum Gasteiger partial charge on any atom is 0.145 e. The number of alkyl halides is 1. The van der Waals surface area contributed by atoms with Gasteiger partial charge in [-0.05, 0) is 34.8 Å². The van der Waals surface area contributed by atoms with Crippen molar-refractivity contribution in [1.29, 1.82) is 0 Å². The summed E-state index contributed by atoms with van der Waals surface area (Å²) in [4.78, 5) is 0.526. The standard InChI is InChI=1S/C10H8Br2ClFO/c11-5-1-6(2-5)15-10-4-9(14)8(13)3-7(10)12/h3-6H,1-2H2. The Morgan fingerprint density at radius 3 is 2.67 bits per heavy atom.